The van der Waals surface area contributed by atoms with Gasteiger partial charge in [0.05, 0.1) is 28.0 Å². The van der Waals surface area contributed by atoms with Crippen LogP contribution in [0.25, 0.3) is 72.7 Å². The molecule has 8 aromatic rings. The number of para-hydroxylation sites is 1. The Morgan fingerprint density at radius 1 is 0.531 bits per heavy atom. The molecule has 4 heteroatoms. The number of rotatable bonds is 6. The van der Waals surface area contributed by atoms with Crippen molar-refractivity contribution in [2.24, 2.45) is 0 Å². The molecule has 1 N–H and O–H groups in total. The second-order valence-electron chi connectivity index (χ2n) is 20.4. The molecule has 2 heterocycles. The zero-order chi connectivity index (χ0) is 53.6. The average Bonchev–Trinajstić information content (AvgIpc) is 3.66. The maximum Gasteiger partial charge on any atom is 0.149 e. The van der Waals surface area contributed by atoms with Crippen LogP contribution < -0.4 is 0 Å². The third kappa shape index (κ3) is 8.31. The molecule has 0 aliphatic rings. The number of phenols is 1. The highest BCUT2D eigenvalue weighted by atomic mass is 16.3. The standard InChI is InChI=1S/C60H65N3O/c1-37-36-61-53(38(2)52(37)40-24-19-16-20-25-40)43-30-42(31-44(32-43)57(3,4)5)46-26-21-27-51-54(46)62-56(47-34-45(58(6,7)8)35-49(55(47)64)60(12,13)14)63(51)50-29-28-41(33-48(50)59(9,10)11)39-22-17-15-18-23-39/h15-36,64H,1-14H3/i9D3,10D3,11D3. The van der Waals surface area contributed by atoms with Gasteiger partial charge in [-0.2, -0.15) is 0 Å². The lowest BCUT2D eigenvalue weighted by atomic mass is 9.78. The molecule has 0 fully saturated rings. The summed E-state index contributed by atoms with van der Waals surface area (Å²) in [4.78, 5) is 10.5. The number of nitrogens with zero attached hydrogens (tertiary/aromatic N) is 3. The first kappa shape index (κ1) is 34.2. The molecular formula is C60H65N3O. The molecule has 0 radical (unpaired) electrons. The summed E-state index contributed by atoms with van der Waals surface area (Å²) in [6.45, 7) is 12.0. The van der Waals surface area contributed by atoms with Gasteiger partial charge in [0.2, 0.25) is 0 Å². The van der Waals surface area contributed by atoms with Crippen LogP contribution in [0.1, 0.15) is 129 Å². The average molecular weight is 853 g/mol. The molecule has 0 spiro atoms. The van der Waals surface area contributed by atoms with E-state index in [-0.39, 0.29) is 22.7 Å². The van der Waals surface area contributed by atoms with Gasteiger partial charge >= 0.3 is 0 Å². The van der Waals surface area contributed by atoms with E-state index >= 15 is 0 Å². The van der Waals surface area contributed by atoms with Gasteiger partial charge in [-0.1, -0.05) is 174 Å². The largest absolute Gasteiger partial charge is 0.507 e. The predicted octanol–water partition coefficient (Wildman–Crippen LogP) is 16.3. The minimum Gasteiger partial charge on any atom is -0.507 e. The Hall–Kier alpha value is -6.26. The van der Waals surface area contributed by atoms with Crippen LogP contribution in [0.15, 0.2) is 134 Å². The molecule has 0 amide bonds. The van der Waals surface area contributed by atoms with Crippen LogP contribution in [0.2, 0.25) is 0 Å². The van der Waals surface area contributed by atoms with Gasteiger partial charge in [-0.05, 0) is 128 Å². The van der Waals surface area contributed by atoms with Crippen LogP contribution in [0, 0.1) is 13.8 Å². The first-order valence-corrected chi connectivity index (χ1v) is 22.1. The number of hydrogen-bond acceptors (Lipinski definition) is 3. The van der Waals surface area contributed by atoms with Crippen molar-refractivity contribution >= 4 is 11.0 Å². The summed E-state index contributed by atoms with van der Waals surface area (Å²) in [6.07, 6.45) is 1.91. The Morgan fingerprint density at radius 3 is 1.78 bits per heavy atom. The summed E-state index contributed by atoms with van der Waals surface area (Å²) in [5, 5.41) is 12.7. The number of aromatic nitrogens is 3. The summed E-state index contributed by atoms with van der Waals surface area (Å²) in [7, 11) is 0. The zero-order valence-corrected chi connectivity index (χ0v) is 39.0. The first-order chi connectivity index (χ1) is 33.8. The summed E-state index contributed by atoms with van der Waals surface area (Å²) >= 11 is 0. The number of phenolic OH excluding ortho intramolecular Hbond substituents is 1. The first-order valence-electron chi connectivity index (χ1n) is 26.6. The maximum absolute atomic E-state index is 12.7. The van der Waals surface area contributed by atoms with E-state index in [0.29, 0.717) is 38.9 Å². The fourth-order valence-corrected chi connectivity index (χ4v) is 8.84. The Bertz CT molecular complexity index is 3350. The summed E-state index contributed by atoms with van der Waals surface area (Å²) in [5.41, 5.74) is 6.99. The third-order valence-corrected chi connectivity index (χ3v) is 12.4. The minimum absolute atomic E-state index is 0.0207. The molecule has 0 bridgehead atoms. The zero-order valence-electron chi connectivity index (χ0n) is 48.0. The van der Waals surface area contributed by atoms with Crippen LogP contribution >= 0.6 is 0 Å². The molecule has 8 rings (SSSR count). The molecule has 4 nitrogen and oxygen atoms in total. The molecule has 0 atom stereocenters. The van der Waals surface area contributed by atoms with E-state index in [1.165, 1.54) is 6.07 Å². The molecule has 6 aromatic carbocycles. The molecule has 0 aliphatic carbocycles. The Balaban J connectivity index is 1.56. The number of benzene rings is 6. The van der Waals surface area contributed by atoms with Crippen molar-refractivity contribution in [2.75, 3.05) is 0 Å². The predicted molar refractivity (Wildman–Crippen MR) is 272 cm³/mol. The van der Waals surface area contributed by atoms with E-state index in [1.807, 2.05) is 81.6 Å². The Kier molecular flexibility index (Phi) is 8.58. The van der Waals surface area contributed by atoms with Gasteiger partial charge in [0.1, 0.15) is 11.6 Å². The van der Waals surface area contributed by atoms with E-state index in [1.54, 1.807) is 41.0 Å². The highest BCUT2D eigenvalue weighted by Crippen LogP contribution is 2.46. The van der Waals surface area contributed by atoms with E-state index in [9.17, 15) is 5.11 Å². The van der Waals surface area contributed by atoms with E-state index in [2.05, 4.69) is 85.7 Å². The Morgan fingerprint density at radius 2 is 1.16 bits per heavy atom. The lowest BCUT2D eigenvalue weighted by molar-refractivity contribution is 0.446. The Labute approximate surface area is 394 Å². The quantitative estimate of drug-likeness (QED) is 0.181. The van der Waals surface area contributed by atoms with Crippen molar-refractivity contribution < 1.29 is 17.4 Å². The van der Waals surface area contributed by atoms with Crippen LogP contribution in [0.4, 0.5) is 0 Å². The summed E-state index contributed by atoms with van der Waals surface area (Å²) in [5.74, 6) is 0.0958. The molecule has 326 valence electrons. The summed E-state index contributed by atoms with van der Waals surface area (Å²) in [6, 6.07) is 39.9. The second kappa shape index (κ2) is 16.1. The lowest BCUT2D eigenvalue weighted by Crippen LogP contribution is -2.18. The van der Waals surface area contributed by atoms with Crippen LogP contribution in [-0.4, -0.2) is 19.6 Å². The van der Waals surface area contributed by atoms with E-state index in [0.717, 1.165) is 50.2 Å². The fourth-order valence-electron chi connectivity index (χ4n) is 8.84. The molecule has 2 aromatic heterocycles. The van der Waals surface area contributed by atoms with Crippen molar-refractivity contribution in [3.63, 3.8) is 0 Å². The minimum atomic E-state index is -3.60. The molecule has 0 saturated heterocycles. The normalized spacial score (nSPS) is 15.3. The van der Waals surface area contributed by atoms with E-state index < -0.39 is 42.4 Å². The number of imidazole rings is 1. The third-order valence-electron chi connectivity index (χ3n) is 12.4. The number of fused-ring (bicyclic) bond motifs is 1. The van der Waals surface area contributed by atoms with Gasteiger partial charge in [0.25, 0.3) is 0 Å². The van der Waals surface area contributed by atoms with E-state index in [4.69, 9.17) is 22.3 Å². The van der Waals surface area contributed by atoms with Gasteiger partial charge in [-0.25, -0.2) is 4.98 Å². The van der Waals surface area contributed by atoms with Crippen molar-refractivity contribution in [1.82, 2.24) is 14.5 Å². The molecule has 0 aliphatic heterocycles. The van der Waals surface area contributed by atoms with Crippen LogP contribution in [-0.2, 0) is 21.7 Å². The number of hydrogen-bond donors (Lipinski definition) is 1. The second-order valence-corrected chi connectivity index (χ2v) is 20.4. The SMILES string of the molecule is [2H]C([2H])([2H])C(c1cc(-c2ccccc2)ccc1-n1c(-c2cc(C(C)(C)C)cc(C(C)(C)C)c2O)nc2c(-c3cc(-c4ncc(C)c(-c5ccccc5)c4C)cc(C(C)(C)C)c3)cccc21)(C([2H])([2H])[2H])C([2H])([2H])[2H]. The summed E-state index contributed by atoms with van der Waals surface area (Å²) < 4.78 is 82.9. The van der Waals surface area contributed by atoms with Crippen molar-refractivity contribution in [3.05, 3.63) is 167 Å². The van der Waals surface area contributed by atoms with Gasteiger partial charge in [-0.15, -0.1) is 0 Å². The topological polar surface area (TPSA) is 50.9 Å². The lowest BCUT2D eigenvalue weighted by Gasteiger charge is -2.28. The molecular weight excluding hydrogens is 779 g/mol. The van der Waals surface area contributed by atoms with Gasteiger partial charge in [0, 0.05) is 35.2 Å². The van der Waals surface area contributed by atoms with Crippen LogP contribution in [0.3, 0.4) is 0 Å². The van der Waals surface area contributed by atoms with Gasteiger partial charge in [0.15, 0.2) is 0 Å². The highest BCUT2D eigenvalue weighted by molar-refractivity contribution is 5.97. The number of aryl methyl sites for hydroxylation is 1. The molecule has 0 saturated carbocycles. The number of aromatic hydroxyl groups is 1. The van der Waals surface area contributed by atoms with Crippen molar-refractivity contribution in [1.29, 1.82) is 0 Å². The van der Waals surface area contributed by atoms with Crippen molar-refractivity contribution in [2.45, 2.75) is 118 Å². The monoisotopic (exact) mass is 853 g/mol. The number of pyridine rings is 1. The smallest absolute Gasteiger partial charge is 0.149 e. The molecule has 64 heavy (non-hydrogen) atoms. The highest BCUT2D eigenvalue weighted by Gasteiger charge is 2.31. The van der Waals surface area contributed by atoms with Gasteiger partial charge < -0.3 is 5.11 Å². The fraction of sp³-hybridized carbons (Fsp3) is 0.300. The maximum atomic E-state index is 12.7. The van der Waals surface area contributed by atoms with Crippen LogP contribution in [0.5, 0.6) is 5.75 Å². The van der Waals surface area contributed by atoms with Gasteiger partial charge in [-0.3, -0.25) is 9.55 Å². The molecule has 0 unspecified atom stereocenters. The van der Waals surface area contributed by atoms with Crippen molar-refractivity contribution in [3.8, 4) is 67.5 Å².